The molecular weight excluding hydrogens is 377 g/mol. The predicted molar refractivity (Wildman–Crippen MR) is 93.9 cm³/mol. The van der Waals surface area contributed by atoms with E-state index in [1.807, 2.05) is 0 Å². The molecule has 0 bridgehead atoms. The number of piperidine rings is 1. The molecule has 10 heteroatoms. The molecule has 0 aliphatic carbocycles. The van der Waals surface area contributed by atoms with E-state index in [4.69, 9.17) is 14.2 Å². The molecule has 0 radical (unpaired) electrons. The van der Waals surface area contributed by atoms with Crippen molar-refractivity contribution in [2.75, 3.05) is 27.3 Å². The van der Waals surface area contributed by atoms with Crippen molar-refractivity contribution < 1.29 is 27.0 Å². The van der Waals surface area contributed by atoms with Crippen molar-refractivity contribution in [1.29, 1.82) is 0 Å². The largest absolute Gasteiger partial charge is 0.494 e. The second-order valence-electron chi connectivity index (χ2n) is 5.92. The van der Waals surface area contributed by atoms with Gasteiger partial charge in [-0.2, -0.15) is 9.29 Å². The molecule has 0 spiro atoms. The van der Waals surface area contributed by atoms with Crippen LogP contribution in [0.1, 0.15) is 12.8 Å². The highest BCUT2D eigenvalue weighted by Gasteiger charge is 2.32. The zero-order chi connectivity index (χ0) is 19.4. The first-order valence-electron chi connectivity index (χ1n) is 8.31. The van der Waals surface area contributed by atoms with Gasteiger partial charge in [0, 0.05) is 18.8 Å². The van der Waals surface area contributed by atoms with E-state index >= 15 is 0 Å². The van der Waals surface area contributed by atoms with Gasteiger partial charge in [0.15, 0.2) is 11.6 Å². The second-order valence-corrected chi connectivity index (χ2v) is 7.86. The summed E-state index contributed by atoms with van der Waals surface area (Å²) in [6.07, 6.45) is 2.41. The number of hydrogen-bond acceptors (Lipinski definition) is 7. The number of methoxy groups -OCH3 is 2. The van der Waals surface area contributed by atoms with Crippen LogP contribution in [-0.4, -0.2) is 56.1 Å². The molecule has 2 aromatic rings. The Hall–Kier alpha value is -2.46. The third kappa shape index (κ3) is 4.28. The fraction of sp³-hybridized carbons (Fsp3) is 0.412. The van der Waals surface area contributed by atoms with E-state index in [2.05, 4.69) is 9.97 Å². The molecule has 0 amide bonds. The topological polar surface area (TPSA) is 90.9 Å². The van der Waals surface area contributed by atoms with Crippen molar-refractivity contribution in [2.24, 2.45) is 0 Å². The van der Waals surface area contributed by atoms with Crippen molar-refractivity contribution >= 4 is 10.0 Å². The van der Waals surface area contributed by atoms with Crippen molar-refractivity contribution in [3.05, 3.63) is 36.3 Å². The van der Waals surface area contributed by atoms with Crippen LogP contribution in [0.3, 0.4) is 0 Å². The van der Waals surface area contributed by atoms with Gasteiger partial charge in [-0.05, 0) is 31.0 Å². The van der Waals surface area contributed by atoms with E-state index in [-0.39, 0.29) is 29.3 Å². The minimum absolute atomic E-state index is 0.00786. The Morgan fingerprint density at radius 2 is 2.04 bits per heavy atom. The first-order valence-corrected chi connectivity index (χ1v) is 9.75. The molecule has 1 aliphatic rings. The number of aromatic nitrogens is 2. The lowest BCUT2D eigenvalue weighted by Gasteiger charge is -2.31. The number of sulfonamides is 1. The molecule has 0 saturated carbocycles. The Morgan fingerprint density at radius 1 is 1.22 bits per heavy atom. The molecule has 1 aliphatic heterocycles. The molecular formula is C17H20FN3O5S. The molecule has 0 N–H and O–H groups in total. The average molecular weight is 397 g/mol. The van der Waals surface area contributed by atoms with Crippen LogP contribution in [0.2, 0.25) is 0 Å². The van der Waals surface area contributed by atoms with Crippen LogP contribution in [-0.2, 0) is 10.0 Å². The summed E-state index contributed by atoms with van der Waals surface area (Å²) in [5, 5.41) is 0. The van der Waals surface area contributed by atoms with Gasteiger partial charge < -0.3 is 14.2 Å². The van der Waals surface area contributed by atoms with Crippen molar-refractivity contribution in [3.8, 4) is 17.6 Å². The number of ether oxygens (including phenoxy) is 3. The molecule has 1 aromatic carbocycles. The van der Waals surface area contributed by atoms with E-state index in [1.54, 1.807) is 6.07 Å². The Labute approximate surface area is 157 Å². The van der Waals surface area contributed by atoms with Crippen LogP contribution >= 0.6 is 0 Å². The maximum absolute atomic E-state index is 13.9. The summed E-state index contributed by atoms with van der Waals surface area (Å²) >= 11 is 0. The molecule has 1 aromatic heterocycles. The van der Waals surface area contributed by atoms with Crippen LogP contribution < -0.4 is 14.2 Å². The average Bonchev–Trinajstić information content (AvgIpc) is 2.68. The minimum atomic E-state index is -3.85. The molecule has 1 saturated heterocycles. The fourth-order valence-corrected chi connectivity index (χ4v) is 4.36. The Kier molecular flexibility index (Phi) is 5.76. The summed E-state index contributed by atoms with van der Waals surface area (Å²) in [6, 6.07) is 5.34. The maximum Gasteiger partial charge on any atom is 0.319 e. The lowest BCUT2D eigenvalue weighted by atomic mass is 10.1. The van der Waals surface area contributed by atoms with Gasteiger partial charge in [-0.1, -0.05) is 0 Å². The van der Waals surface area contributed by atoms with Crippen LogP contribution in [0.15, 0.2) is 35.4 Å². The van der Waals surface area contributed by atoms with Gasteiger partial charge in [0.25, 0.3) is 0 Å². The summed E-state index contributed by atoms with van der Waals surface area (Å²) in [5.74, 6) is -0.426. The minimum Gasteiger partial charge on any atom is -0.494 e. The second kappa shape index (κ2) is 8.05. The van der Waals surface area contributed by atoms with Crippen molar-refractivity contribution in [3.63, 3.8) is 0 Å². The quantitative estimate of drug-likeness (QED) is 0.735. The maximum atomic E-state index is 13.9. The number of hydrogen-bond donors (Lipinski definition) is 0. The number of nitrogens with zero attached hydrogens (tertiary/aromatic N) is 3. The van der Waals surface area contributed by atoms with Crippen LogP contribution in [0.5, 0.6) is 17.6 Å². The van der Waals surface area contributed by atoms with Crippen molar-refractivity contribution in [2.45, 2.75) is 23.8 Å². The molecule has 146 valence electrons. The molecule has 3 rings (SSSR count). The van der Waals surface area contributed by atoms with Gasteiger partial charge in [-0.25, -0.2) is 17.8 Å². The Balaban J connectivity index is 1.75. The summed E-state index contributed by atoms with van der Waals surface area (Å²) in [6.45, 7) is 0.477. The molecule has 2 heterocycles. The van der Waals surface area contributed by atoms with E-state index in [0.29, 0.717) is 25.3 Å². The molecule has 1 unspecified atom stereocenters. The zero-order valence-corrected chi connectivity index (χ0v) is 15.8. The molecule has 1 fully saturated rings. The van der Waals surface area contributed by atoms with Crippen molar-refractivity contribution in [1.82, 2.24) is 14.3 Å². The lowest BCUT2D eigenvalue weighted by Crippen LogP contribution is -2.44. The summed E-state index contributed by atoms with van der Waals surface area (Å²) in [7, 11) is -1.08. The first kappa shape index (κ1) is 19.3. The first-order chi connectivity index (χ1) is 12.9. The van der Waals surface area contributed by atoms with Gasteiger partial charge >= 0.3 is 6.01 Å². The number of halogens is 1. The monoisotopic (exact) mass is 397 g/mol. The van der Waals surface area contributed by atoms with Gasteiger partial charge in [0.2, 0.25) is 15.9 Å². The highest BCUT2D eigenvalue weighted by Crippen LogP contribution is 2.26. The van der Waals surface area contributed by atoms with E-state index in [9.17, 15) is 12.8 Å². The SMILES string of the molecule is COc1nccc(OC2CCCN(S(=O)(=O)c3ccc(OC)c(F)c3)C2)n1. The van der Waals surface area contributed by atoms with E-state index < -0.39 is 15.8 Å². The highest BCUT2D eigenvalue weighted by atomic mass is 32.2. The standard InChI is InChI=1S/C17H20FN3O5S/c1-24-15-6-5-13(10-14(15)18)27(22,23)21-9-3-4-12(11-21)26-16-7-8-19-17(20-16)25-2/h5-8,10,12H,3-4,9,11H2,1-2H3. The third-order valence-corrected chi connectivity index (χ3v) is 6.04. The Morgan fingerprint density at radius 3 is 2.74 bits per heavy atom. The van der Waals surface area contributed by atoms with Gasteiger partial charge in [-0.3, -0.25) is 0 Å². The summed E-state index contributed by atoms with van der Waals surface area (Å²) in [5.41, 5.74) is 0. The van der Waals surface area contributed by atoms with Crippen LogP contribution in [0.4, 0.5) is 4.39 Å². The van der Waals surface area contributed by atoms with Crippen LogP contribution in [0, 0.1) is 5.82 Å². The Bertz CT molecular complexity index is 909. The van der Waals surface area contributed by atoms with Gasteiger partial charge in [0.1, 0.15) is 6.10 Å². The van der Waals surface area contributed by atoms with E-state index in [1.165, 1.54) is 36.9 Å². The fourth-order valence-electron chi connectivity index (χ4n) is 2.84. The van der Waals surface area contributed by atoms with Gasteiger partial charge in [0.05, 0.1) is 25.7 Å². The van der Waals surface area contributed by atoms with Crippen LogP contribution in [0.25, 0.3) is 0 Å². The lowest BCUT2D eigenvalue weighted by molar-refractivity contribution is 0.123. The predicted octanol–water partition coefficient (Wildman–Crippen LogP) is 1.87. The summed E-state index contributed by atoms with van der Waals surface area (Å²) < 4.78 is 56.5. The number of rotatable bonds is 6. The highest BCUT2D eigenvalue weighted by molar-refractivity contribution is 7.89. The van der Waals surface area contributed by atoms with E-state index in [0.717, 1.165) is 6.07 Å². The van der Waals surface area contributed by atoms with Gasteiger partial charge in [-0.15, -0.1) is 0 Å². The summed E-state index contributed by atoms with van der Waals surface area (Å²) in [4.78, 5) is 7.86. The molecule has 8 nitrogen and oxygen atoms in total. The molecule has 27 heavy (non-hydrogen) atoms. The smallest absolute Gasteiger partial charge is 0.319 e. The molecule has 1 atom stereocenters. The zero-order valence-electron chi connectivity index (χ0n) is 15.0. The number of benzene rings is 1. The third-order valence-electron chi connectivity index (χ3n) is 4.18. The normalized spacial score (nSPS) is 18.1.